The molecular formula is C14H25NOSi. The molecule has 1 rings (SSSR count). The van der Waals surface area contributed by atoms with Gasteiger partial charge in [0.25, 0.3) is 0 Å². The van der Waals surface area contributed by atoms with Gasteiger partial charge in [0.2, 0.25) is 8.32 Å². The Morgan fingerprint density at radius 2 is 1.82 bits per heavy atom. The van der Waals surface area contributed by atoms with Crippen molar-refractivity contribution in [2.45, 2.75) is 51.9 Å². The highest BCUT2D eigenvalue weighted by atomic mass is 28.4. The van der Waals surface area contributed by atoms with E-state index in [1.54, 1.807) is 0 Å². The maximum absolute atomic E-state index is 6.24. The molecule has 1 atom stereocenters. The van der Waals surface area contributed by atoms with Crippen LogP contribution in [0.15, 0.2) is 24.3 Å². The fourth-order valence-electron chi connectivity index (χ4n) is 1.31. The third-order valence-electron chi connectivity index (χ3n) is 3.56. The molecule has 0 saturated heterocycles. The lowest BCUT2D eigenvalue weighted by Crippen LogP contribution is -2.43. The maximum atomic E-state index is 6.24. The quantitative estimate of drug-likeness (QED) is 0.821. The van der Waals surface area contributed by atoms with Crippen LogP contribution in [0.4, 0.5) is 0 Å². The van der Waals surface area contributed by atoms with Crippen LogP contribution in [-0.2, 0) is 0 Å². The first-order chi connectivity index (χ1) is 7.63. The molecule has 0 bridgehead atoms. The Bertz CT molecular complexity index is 380. The molecule has 0 aliphatic rings. The Hall–Kier alpha value is -0.803. The van der Waals surface area contributed by atoms with E-state index in [1.165, 1.54) is 0 Å². The molecule has 17 heavy (non-hydrogen) atoms. The third kappa shape index (κ3) is 3.58. The Morgan fingerprint density at radius 1 is 1.24 bits per heavy atom. The van der Waals surface area contributed by atoms with Gasteiger partial charge in [-0.15, -0.1) is 0 Å². The molecule has 0 spiro atoms. The van der Waals surface area contributed by atoms with E-state index in [4.69, 9.17) is 10.2 Å². The molecule has 1 aromatic carbocycles. The van der Waals surface area contributed by atoms with Gasteiger partial charge in [-0.25, -0.2) is 0 Å². The van der Waals surface area contributed by atoms with Crippen molar-refractivity contribution in [3.8, 4) is 5.75 Å². The van der Waals surface area contributed by atoms with Crippen LogP contribution < -0.4 is 10.2 Å². The summed E-state index contributed by atoms with van der Waals surface area (Å²) in [6.07, 6.45) is 0. The number of hydrogen-bond acceptors (Lipinski definition) is 2. The highest BCUT2D eigenvalue weighted by Gasteiger charge is 2.38. The first-order valence-corrected chi connectivity index (χ1v) is 9.09. The van der Waals surface area contributed by atoms with E-state index < -0.39 is 8.32 Å². The molecule has 2 nitrogen and oxygen atoms in total. The van der Waals surface area contributed by atoms with E-state index in [-0.39, 0.29) is 11.1 Å². The van der Waals surface area contributed by atoms with Crippen molar-refractivity contribution in [2.75, 3.05) is 0 Å². The summed E-state index contributed by atoms with van der Waals surface area (Å²) in [6.45, 7) is 13.2. The van der Waals surface area contributed by atoms with Gasteiger partial charge >= 0.3 is 0 Å². The zero-order valence-corrected chi connectivity index (χ0v) is 12.9. The minimum atomic E-state index is -1.74. The van der Waals surface area contributed by atoms with Crippen LogP contribution in [0.5, 0.6) is 5.75 Å². The lowest BCUT2D eigenvalue weighted by atomic mass is 10.1. The first kappa shape index (κ1) is 14.3. The third-order valence-corrected chi connectivity index (χ3v) is 7.92. The largest absolute Gasteiger partial charge is 0.543 e. The summed E-state index contributed by atoms with van der Waals surface area (Å²) in [6, 6.07) is 8.19. The summed E-state index contributed by atoms with van der Waals surface area (Å²) < 4.78 is 6.24. The van der Waals surface area contributed by atoms with Gasteiger partial charge in [-0.3, -0.25) is 0 Å². The van der Waals surface area contributed by atoms with Crippen LogP contribution in [-0.4, -0.2) is 8.32 Å². The lowest BCUT2D eigenvalue weighted by Gasteiger charge is -2.36. The molecule has 0 aromatic heterocycles. The normalized spacial score (nSPS) is 14.5. The zero-order valence-electron chi connectivity index (χ0n) is 11.9. The standard InChI is InChI=1S/C14H25NOSi/c1-11(15)12-8-7-9-13(10-12)16-17(5,6)14(2,3)4/h7-11H,15H2,1-6H3/t11-/m0/s1. The van der Waals surface area contributed by atoms with E-state index in [0.717, 1.165) is 11.3 Å². The van der Waals surface area contributed by atoms with Crippen LogP contribution in [0.3, 0.4) is 0 Å². The van der Waals surface area contributed by atoms with Crippen molar-refractivity contribution in [1.82, 2.24) is 0 Å². The summed E-state index contributed by atoms with van der Waals surface area (Å²) in [5.74, 6) is 0.950. The van der Waals surface area contributed by atoms with Gasteiger partial charge in [-0.2, -0.15) is 0 Å². The van der Waals surface area contributed by atoms with Crippen LogP contribution in [0.2, 0.25) is 18.1 Å². The van der Waals surface area contributed by atoms with E-state index in [0.29, 0.717) is 0 Å². The van der Waals surface area contributed by atoms with Crippen LogP contribution in [0, 0.1) is 0 Å². The second-order valence-electron chi connectivity index (χ2n) is 6.22. The number of nitrogens with two attached hydrogens (primary N) is 1. The number of rotatable bonds is 3. The molecule has 0 aliphatic carbocycles. The highest BCUT2D eigenvalue weighted by molar-refractivity contribution is 6.74. The van der Waals surface area contributed by atoms with E-state index in [2.05, 4.69) is 39.9 Å². The Labute approximate surface area is 106 Å². The Morgan fingerprint density at radius 3 is 2.29 bits per heavy atom. The van der Waals surface area contributed by atoms with Crippen molar-refractivity contribution in [2.24, 2.45) is 5.73 Å². The molecule has 0 unspecified atom stereocenters. The first-order valence-electron chi connectivity index (χ1n) is 6.18. The fourth-order valence-corrected chi connectivity index (χ4v) is 2.33. The zero-order chi connectivity index (χ0) is 13.3. The van der Waals surface area contributed by atoms with Crippen molar-refractivity contribution in [3.63, 3.8) is 0 Å². The van der Waals surface area contributed by atoms with Crippen LogP contribution in [0.1, 0.15) is 39.3 Å². The summed E-state index contributed by atoms with van der Waals surface area (Å²) >= 11 is 0. The molecule has 1 aromatic rings. The van der Waals surface area contributed by atoms with Gasteiger partial charge in [0.1, 0.15) is 5.75 Å². The minimum Gasteiger partial charge on any atom is -0.543 e. The lowest BCUT2D eigenvalue weighted by molar-refractivity contribution is 0.491. The summed E-state index contributed by atoms with van der Waals surface area (Å²) in [5.41, 5.74) is 7.01. The van der Waals surface area contributed by atoms with Gasteiger partial charge in [-0.1, -0.05) is 32.9 Å². The molecule has 2 N–H and O–H groups in total. The Kier molecular flexibility index (Phi) is 4.05. The predicted octanol–water partition coefficient (Wildman–Crippen LogP) is 4.09. The van der Waals surface area contributed by atoms with Crippen molar-refractivity contribution in [1.29, 1.82) is 0 Å². The van der Waals surface area contributed by atoms with Gasteiger partial charge in [-0.05, 0) is 42.8 Å². The summed E-state index contributed by atoms with van der Waals surface area (Å²) in [4.78, 5) is 0. The number of hydrogen-bond donors (Lipinski definition) is 1. The van der Waals surface area contributed by atoms with Crippen molar-refractivity contribution >= 4 is 8.32 Å². The second-order valence-corrected chi connectivity index (χ2v) is 10.9. The van der Waals surface area contributed by atoms with E-state index in [9.17, 15) is 0 Å². The Balaban J connectivity index is 2.92. The van der Waals surface area contributed by atoms with Gasteiger partial charge in [0, 0.05) is 6.04 Å². The minimum absolute atomic E-state index is 0.0537. The average Bonchev–Trinajstić information content (AvgIpc) is 2.15. The second kappa shape index (κ2) is 4.82. The molecular weight excluding hydrogens is 226 g/mol. The van der Waals surface area contributed by atoms with E-state index >= 15 is 0 Å². The topological polar surface area (TPSA) is 35.2 Å². The predicted molar refractivity (Wildman–Crippen MR) is 76.9 cm³/mol. The molecule has 96 valence electrons. The van der Waals surface area contributed by atoms with Crippen LogP contribution in [0.25, 0.3) is 0 Å². The molecule has 3 heteroatoms. The van der Waals surface area contributed by atoms with Gasteiger partial charge < -0.3 is 10.2 Å². The number of benzene rings is 1. The average molecular weight is 251 g/mol. The summed E-state index contributed by atoms with van der Waals surface area (Å²) in [5, 5.41) is 0.220. The van der Waals surface area contributed by atoms with Crippen molar-refractivity contribution < 1.29 is 4.43 Å². The van der Waals surface area contributed by atoms with Gasteiger partial charge in [0.15, 0.2) is 0 Å². The maximum Gasteiger partial charge on any atom is 0.250 e. The van der Waals surface area contributed by atoms with Gasteiger partial charge in [0.05, 0.1) is 0 Å². The highest BCUT2D eigenvalue weighted by Crippen LogP contribution is 2.37. The van der Waals surface area contributed by atoms with Crippen molar-refractivity contribution in [3.05, 3.63) is 29.8 Å². The molecule has 0 radical (unpaired) electrons. The summed E-state index contributed by atoms with van der Waals surface area (Å²) in [7, 11) is -1.74. The van der Waals surface area contributed by atoms with Crippen LogP contribution >= 0.6 is 0 Å². The molecule has 0 amide bonds. The monoisotopic (exact) mass is 251 g/mol. The molecule has 0 fully saturated rings. The fraction of sp³-hybridized carbons (Fsp3) is 0.571. The van der Waals surface area contributed by atoms with E-state index in [1.807, 2.05) is 25.1 Å². The molecule has 0 aliphatic heterocycles. The SMILES string of the molecule is C[C@H](N)c1cccc(O[Si](C)(C)C(C)(C)C)c1. The molecule has 0 heterocycles. The smallest absolute Gasteiger partial charge is 0.250 e. The molecule has 0 saturated carbocycles.